The van der Waals surface area contributed by atoms with E-state index in [0.29, 0.717) is 6.79 Å². The molecule has 13 heavy (non-hydrogen) atoms. The molecule has 0 radical (unpaired) electrons. The maximum absolute atomic E-state index is 5.44. The number of hydrogen-bond acceptors (Lipinski definition) is 3. The molecule has 0 aromatic heterocycles. The minimum atomic E-state index is 0.371. The van der Waals surface area contributed by atoms with Crippen molar-refractivity contribution in [3.63, 3.8) is 0 Å². The highest BCUT2D eigenvalue weighted by Crippen LogP contribution is 2.40. The molecule has 2 aliphatic heterocycles. The Balaban J connectivity index is 2.16. The van der Waals surface area contributed by atoms with Crippen LogP contribution in [0.15, 0.2) is 12.1 Å². The zero-order valence-electron chi connectivity index (χ0n) is 7.54. The van der Waals surface area contributed by atoms with Gasteiger partial charge in [0.15, 0.2) is 11.5 Å². The number of hydrogen-bond donors (Lipinski definition) is 0. The number of benzene rings is 1. The van der Waals surface area contributed by atoms with Gasteiger partial charge in [-0.1, -0.05) is 6.07 Å². The molecule has 0 unspecified atom stereocenters. The van der Waals surface area contributed by atoms with Crippen LogP contribution in [0, 0.1) is 0 Å². The number of nitrogens with zero attached hydrogens (tertiary/aromatic N) is 1. The minimum absolute atomic E-state index is 0.371. The first-order chi connectivity index (χ1) is 6.34. The summed E-state index contributed by atoms with van der Waals surface area (Å²) in [6.45, 7) is 2.36. The lowest BCUT2D eigenvalue weighted by Gasteiger charge is -2.03. The second-order valence-corrected chi connectivity index (χ2v) is 3.61. The van der Waals surface area contributed by atoms with Crippen LogP contribution in [0.25, 0.3) is 0 Å². The second kappa shape index (κ2) is 2.39. The van der Waals surface area contributed by atoms with Crippen LogP contribution < -0.4 is 9.47 Å². The average molecular weight is 177 g/mol. The predicted molar refractivity (Wildman–Crippen MR) is 47.7 cm³/mol. The van der Waals surface area contributed by atoms with Gasteiger partial charge < -0.3 is 9.47 Å². The van der Waals surface area contributed by atoms with E-state index in [-0.39, 0.29) is 0 Å². The Morgan fingerprint density at radius 2 is 2.15 bits per heavy atom. The minimum Gasteiger partial charge on any atom is -0.454 e. The van der Waals surface area contributed by atoms with Crippen molar-refractivity contribution in [1.82, 2.24) is 4.90 Å². The van der Waals surface area contributed by atoms with Gasteiger partial charge in [-0.3, -0.25) is 4.90 Å². The number of ether oxygens (including phenoxy) is 2. The lowest BCUT2D eigenvalue weighted by molar-refractivity contribution is 0.173. The fourth-order valence-electron chi connectivity index (χ4n) is 2.01. The largest absolute Gasteiger partial charge is 0.454 e. The van der Waals surface area contributed by atoms with E-state index in [1.807, 2.05) is 6.07 Å². The Morgan fingerprint density at radius 3 is 3.08 bits per heavy atom. The Labute approximate surface area is 76.9 Å². The monoisotopic (exact) mass is 177 g/mol. The Bertz CT molecular complexity index is 362. The first-order valence-electron chi connectivity index (χ1n) is 4.43. The summed E-state index contributed by atoms with van der Waals surface area (Å²) in [4.78, 5) is 2.27. The molecule has 0 spiro atoms. The molecule has 3 nitrogen and oxygen atoms in total. The fraction of sp³-hybridized carbons (Fsp3) is 0.400. The van der Waals surface area contributed by atoms with Crippen LogP contribution in [-0.4, -0.2) is 18.7 Å². The summed E-state index contributed by atoms with van der Waals surface area (Å²) >= 11 is 0. The summed E-state index contributed by atoms with van der Waals surface area (Å²) in [5.41, 5.74) is 2.67. The first-order valence-corrected chi connectivity index (χ1v) is 4.43. The SMILES string of the molecule is CN1Cc2ccc3c(c2C1)OCO3. The van der Waals surface area contributed by atoms with E-state index in [9.17, 15) is 0 Å². The van der Waals surface area contributed by atoms with Gasteiger partial charge in [-0.2, -0.15) is 0 Å². The van der Waals surface area contributed by atoms with Gasteiger partial charge in [-0.15, -0.1) is 0 Å². The molecule has 3 heteroatoms. The van der Waals surface area contributed by atoms with E-state index in [0.717, 1.165) is 24.6 Å². The van der Waals surface area contributed by atoms with Crippen molar-refractivity contribution >= 4 is 0 Å². The van der Waals surface area contributed by atoms with Crippen molar-refractivity contribution in [2.75, 3.05) is 13.8 Å². The lowest BCUT2D eigenvalue weighted by Crippen LogP contribution is -2.07. The zero-order valence-corrected chi connectivity index (χ0v) is 7.54. The molecule has 0 N–H and O–H groups in total. The van der Waals surface area contributed by atoms with Gasteiger partial charge in [0, 0.05) is 18.7 Å². The molecule has 68 valence electrons. The summed E-state index contributed by atoms with van der Waals surface area (Å²) in [7, 11) is 2.11. The highest BCUT2D eigenvalue weighted by molar-refractivity contribution is 5.53. The summed E-state index contributed by atoms with van der Waals surface area (Å²) in [6.07, 6.45) is 0. The van der Waals surface area contributed by atoms with Crippen molar-refractivity contribution in [2.24, 2.45) is 0 Å². The van der Waals surface area contributed by atoms with Crippen molar-refractivity contribution in [2.45, 2.75) is 13.1 Å². The van der Waals surface area contributed by atoms with Gasteiger partial charge >= 0.3 is 0 Å². The quantitative estimate of drug-likeness (QED) is 0.597. The molecule has 0 saturated heterocycles. The van der Waals surface area contributed by atoms with Crippen LogP contribution in [0.5, 0.6) is 11.5 Å². The van der Waals surface area contributed by atoms with Gasteiger partial charge in [0.1, 0.15) is 0 Å². The van der Waals surface area contributed by atoms with Crippen LogP contribution in [0.4, 0.5) is 0 Å². The summed E-state index contributed by atoms with van der Waals surface area (Å²) in [5, 5.41) is 0. The molecule has 0 saturated carbocycles. The molecule has 0 bridgehead atoms. The van der Waals surface area contributed by atoms with E-state index in [1.165, 1.54) is 11.1 Å². The highest BCUT2D eigenvalue weighted by Gasteiger charge is 2.25. The molecule has 0 aliphatic carbocycles. The molecule has 1 aromatic carbocycles. The van der Waals surface area contributed by atoms with Crippen molar-refractivity contribution in [3.05, 3.63) is 23.3 Å². The van der Waals surface area contributed by atoms with Crippen molar-refractivity contribution in [3.8, 4) is 11.5 Å². The molecule has 0 atom stereocenters. The van der Waals surface area contributed by atoms with Gasteiger partial charge in [-0.05, 0) is 18.7 Å². The molecule has 2 heterocycles. The zero-order chi connectivity index (χ0) is 8.84. The van der Waals surface area contributed by atoms with Gasteiger partial charge in [0.25, 0.3) is 0 Å². The van der Waals surface area contributed by atoms with Gasteiger partial charge in [0.2, 0.25) is 6.79 Å². The molecule has 0 fully saturated rings. The Kier molecular flexibility index (Phi) is 1.32. The second-order valence-electron chi connectivity index (χ2n) is 3.61. The van der Waals surface area contributed by atoms with Crippen molar-refractivity contribution in [1.29, 1.82) is 0 Å². The molecular formula is C10H11NO2. The Morgan fingerprint density at radius 1 is 1.23 bits per heavy atom. The van der Waals surface area contributed by atoms with Crippen LogP contribution >= 0.6 is 0 Å². The third-order valence-electron chi connectivity index (χ3n) is 2.61. The van der Waals surface area contributed by atoms with E-state index in [4.69, 9.17) is 9.47 Å². The number of rotatable bonds is 0. The van der Waals surface area contributed by atoms with E-state index >= 15 is 0 Å². The predicted octanol–water partition coefficient (Wildman–Crippen LogP) is 1.36. The Hall–Kier alpha value is -1.22. The topological polar surface area (TPSA) is 21.7 Å². The van der Waals surface area contributed by atoms with Gasteiger partial charge in [-0.25, -0.2) is 0 Å². The smallest absolute Gasteiger partial charge is 0.231 e. The fourth-order valence-corrected chi connectivity index (χ4v) is 2.01. The van der Waals surface area contributed by atoms with Gasteiger partial charge in [0.05, 0.1) is 0 Å². The average Bonchev–Trinajstić information content (AvgIpc) is 2.65. The third-order valence-corrected chi connectivity index (χ3v) is 2.61. The first kappa shape index (κ1) is 7.21. The van der Waals surface area contributed by atoms with E-state index in [2.05, 4.69) is 18.0 Å². The van der Waals surface area contributed by atoms with Crippen LogP contribution in [0.3, 0.4) is 0 Å². The maximum atomic E-state index is 5.44. The standard InChI is InChI=1S/C10H11NO2/c1-11-4-7-2-3-9-10(8(7)5-11)13-6-12-9/h2-3H,4-6H2,1H3. The molecule has 0 amide bonds. The van der Waals surface area contributed by atoms with E-state index in [1.54, 1.807) is 0 Å². The molecular weight excluding hydrogens is 166 g/mol. The molecule has 2 aliphatic rings. The van der Waals surface area contributed by atoms with E-state index < -0.39 is 0 Å². The maximum Gasteiger partial charge on any atom is 0.231 e. The summed E-state index contributed by atoms with van der Waals surface area (Å²) < 4.78 is 10.8. The van der Waals surface area contributed by atoms with Crippen LogP contribution in [0.2, 0.25) is 0 Å². The number of fused-ring (bicyclic) bond motifs is 3. The third kappa shape index (κ3) is 0.937. The molecule has 1 aromatic rings. The summed E-state index contributed by atoms with van der Waals surface area (Å²) in [5.74, 6) is 1.86. The van der Waals surface area contributed by atoms with Crippen LogP contribution in [0.1, 0.15) is 11.1 Å². The normalized spacial score (nSPS) is 19.2. The van der Waals surface area contributed by atoms with Crippen LogP contribution in [-0.2, 0) is 13.1 Å². The van der Waals surface area contributed by atoms with Crippen molar-refractivity contribution < 1.29 is 9.47 Å². The highest BCUT2D eigenvalue weighted by atomic mass is 16.7. The molecule has 3 rings (SSSR count). The summed E-state index contributed by atoms with van der Waals surface area (Å²) in [6, 6.07) is 4.13. The lowest BCUT2D eigenvalue weighted by atomic mass is 10.1.